The first-order chi connectivity index (χ1) is 9.71. The normalized spacial score (nSPS) is 19.6. The standard InChI is InChI=1S/C15H23N3O3/c1-10-9-11(16-18(10)15(2,3)4)13(19)17-8-6-5-7-12(17)14(20)21/h9,12H,5-8H2,1-4H3,(H,20,21)/t12-/m1/s1. The van der Waals surface area contributed by atoms with Crippen LogP contribution in [0.4, 0.5) is 0 Å². The molecular formula is C15H23N3O3. The Hall–Kier alpha value is -1.85. The lowest BCUT2D eigenvalue weighted by atomic mass is 10.0. The highest BCUT2D eigenvalue weighted by atomic mass is 16.4. The second-order valence-corrected chi connectivity index (χ2v) is 6.60. The van der Waals surface area contributed by atoms with Crippen LogP contribution in [0.2, 0.25) is 0 Å². The van der Waals surface area contributed by atoms with Crippen molar-refractivity contribution in [3.63, 3.8) is 0 Å². The lowest BCUT2D eigenvalue weighted by Crippen LogP contribution is -2.48. The third-order valence-electron chi connectivity index (χ3n) is 3.79. The number of aliphatic carboxylic acids is 1. The molecule has 0 aliphatic carbocycles. The molecule has 1 amide bonds. The van der Waals surface area contributed by atoms with Gasteiger partial charge in [-0.2, -0.15) is 5.10 Å². The Kier molecular flexibility index (Phi) is 4.07. The van der Waals surface area contributed by atoms with Crippen LogP contribution in [-0.4, -0.2) is 44.3 Å². The molecule has 0 bridgehead atoms. The average Bonchev–Trinajstić information content (AvgIpc) is 2.80. The van der Waals surface area contributed by atoms with Gasteiger partial charge in [0.05, 0.1) is 5.54 Å². The number of carbonyl (C=O) groups excluding carboxylic acids is 1. The summed E-state index contributed by atoms with van der Waals surface area (Å²) in [5.41, 5.74) is 1.02. The van der Waals surface area contributed by atoms with Crippen molar-refractivity contribution in [1.82, 2.24) is 14.7 Å². The van der Waals surface area contributed by atoms with E-state index in [1.54, 1.807) is 10.7 Å². The largest absolute Gasteiger partial charge is 0.480 e. The Balaban J connectivity index is 2.29. The maximum atomic E-state index is 12.6. The van der Waals surface area contributed by atoms with Crippen molar-refractivity contribution in [2.75, 3.05) is 6.54 Å². The van der Waals surface area contributed by atoms with E-state index in [2.05, 4.69) is 5.10 Å². The van der Waals surface area contributed by atoms with Crippen LogP contribution >= 0.6 is 0 Å². The summed E-state index contributed by atoms with van der Waals surface area (Å²) >= 11 is 0. The Labute approximate surface area is 124 Å². The molecule has 6 heteroatoms. The molecule has 1 aromatic heterocycles. The van der Waals surface area contributed by atoms with Gasteiger partial charge in [0.2, 0.25) is 0 Å². The number of carboxylic acids is 1. The minimum Gasteiger partial charge on any atom is -0.480 e. The Bertz CT molecular complexity index is 557. The number of carboxylic acid groups (broad SMARTS) is 1. The molecule has 116 valence electrons. The smallest absolute Gasteiger partial charge is 0.326 e. The van der Waals surface area contributed by atoms with Crippen molar-refractivity contribution in [3.05, 3.63) is 17.5 Å². The molecule has 1 N–H and O–H groups in total. The van der Waals surface area contributed by atoms with Gasteiger partial charge in [0.25, 0.3) is 5.91 Å². The van der Waals surface area contributed by atoms with Crippen LogP contribution in [0, 0.1) is 6.92 Å². The predicted octanol–water partition coefficient (Wildman–Crippen LogP) is 2.03. The molecule has 6 nitrogen and oxygen atoms in total. The quantitative estimate of drug-likeness (QED) is 0.905. The van der Waals surface area contributed by atoms with Gasteiger partial charge < -0.3 is 10.0 Å². The van der Waals surface area contributed by atoms with Crippen molar-refractivity contribution in [1.29, 1.82) is 0 Å². The number of aryl methyl sites for hydroxylation is 1. The fourth-order valence-corrected chi connectivity index (χ4v) is 2.84. The molecule has 2 rings (SSSR count). The van der Waals surface area contributed by atoms with Gasteiger partial charge in [-0.3, -0.25) is 9.48 Å². The summed E-state index contributed by atoms with van der Waals surface area (Å²) < 4.78 is 1.81. The molecule has 21 heavy (non-hydrogen) atoms. The highest BCUT2D eigenvalue weighted by Gasteiger charge is 2.34. The third-order valence-corrected chi connectivity index (χ3v) is 3.79. The van der Waals surface area contributed by atoms with E-state index in [4.69, 9.17) is 0 Å². The summed E-state index contributed by atoms with van der Waals surface area (Å²) in [6.07, 6.45) is 2.20. The molecule has 1 saturated heterocycles. The summed E-state index contributed by atoms with van der Waals surface area (Å²) in [7, 11) is 0. The number of amides is 1. The monoisotopic (exact) mass is 293 g/mol. The molecule has 0 aromatic carbocycles. The van der Waals surface area contributed by atoms with Gasteiger partial charge in [-0.1, -0.05) is 0 Å². The van der Waals surface area contributed by atoms with E-state index in [9.17, 15) is 14.7 Å². The number of hydrogen-bond acceptors (Lipinski definition) is 3. The van der Waals surface area contributed by atoms with Gasteiger partial charge >= 0.3 is 5.97 Å². The summed E-state index contributed by atoms with van der Waals surface area (Å²) in [5.74, 6) is -1.22. The van der Waals surface area contributed by atoms with Crippen LogP contribution < -0.4 is 0 Å². The number of likely N-dealkylation sites (tertiary alicyclic amines) is 1. The number of hydrogen-bond donors (Lipinski definition) is 1. The van der Waals surface area contributed by atoms with Crippen LogP contribution in [0.5, 0.6) is 0 Å². The van der Waals surface area contributed by atoms with Gasteiger partial charge in [0, 0.05) is 12.2 Å². The van der Waals surface area contributed by atoms with Gasteiger partial charge in [0.15, 0.2) is 5.69 Å². The molecule has 1 aromatic rings. The number of nitrogens with zero attached hydrogens (tertiary/aromatic N) is 3. The minimum absolute atomic E-state index is 0.212. The van der Waals surface area contributed by atoms with Crippen molar-refractivity contribution in [2.24, 2.45) is 0 Å². The lowest BCUT2D eigenvalue weighted by Gasteiger charge is -2.32. The first kappa shape index (κ1) is 15.5. The average molecular weight is 293 g/mol. The van der Waals surface area contributed by atoms with E-state index in [-0.39, 0.29) is 11.4 Å². The van der Waals surface area contributed by atoms with E-state index in [1.165, 1.54) is 4.90 Å². The predicted molar refractivity (Wildman–Crippen MR) is 78.3 cm³/mol. The number of piperidine rings is 1. The highest BCUT2D eigenvalue weighted by Crippen LogP contribution is 2.22. The fourth-order valence-electron chi connectivity index (χ4n) is 2.84. The topological polar surface area (TPSA) is 75.4 Å². The molecule has 0 unspecified atom stereocenters. The number of carbonyl (C=O) groups is 2. The van der Waals surface area contributed by atoms with Crippen LogP contribution in [-0.2, 0) is 10.3 Å². The highest BCUT2D eigenvalue weighted by molar-refractivity contribution is 5.95. The Morgan fingerprint density at radius 2 is 2.00 bits per heavy atom. The molecule has 0 radical (unpaired) electrons. The molecule has 1 atom stereocenters. The summed E-state index contributed by atoms with van der Waals surface area (Å²) in [6, 6.07) is 1.01. The molecular weight excluding hydrogens is 270 g/mol. The van der Waals surface area contributed by atoms with Crippen LogP contribution in [0.25, 0.3) is 0 Å². The zero-order valence-corrected chi connectivity index (χ0v) is 13.1. The Morgan fingerprint density at radius 3 is 2.52 bits per heavy atom. The first-order valence-electron chi connectivity index (χ1n) is 7.32. The maximum Gasteiger partial charge on any atom is 0.326 e. The Morgan fingerprint density at radius 1 is 1.33 bits per heavy atom. The van der Waals surface area contributed by atoms with E-state index < -0.39 is 12.0 Å². The maximum absolute atomic E-state index is 12.6. The molecule has 1 aliphatic heterocycles. The van der Waals surface area contributed by atoms with Crippen molar-refractivity contribution in [2.45, 2.75) is 58.5 Å². The van der Waals surface area contributed by atoms with Crippen molar-refractivity contribution < 1.29 is 14.7 Å². The summed E-state index contributed by atoms with van der Waals surface area (Å²) in [4.78, 5) is 25.4. The second kappa shape index (κ2) is 5.50. The minimum atomic E-state index is -0.935. The van der Waals surface area contributed by atoms with E-state index in [1.807, 2.05) is 27.7 Å². The summed E-state index contributed by atoms with van der Waals surface area (Å²) in [6.45, 7) is 8.43. The van der Waals surface area contributed by atoms with Gasteiger partial charge in [0.1, 0.15) is 6.04 Å². The number of aromatic nitrogens is 2. The lowest BCUT2D eigenvalue weighted by molar-refractivity contribution is -0.143. The van der Waals surface area contributed by atoms with Gasteiger partial charge in [-0.15, -0.1) is 0 Å². The fraction of sp³-hybridized carbons (Fsp3) is 0.667. The van der Waals surface area contributed by atoms with E-state index in [0.29, 0.717) is 18.7 Å². The zero-order valence-electron chi connectivity index (χ0n) is 13.1. The zero-order chi connectivity index (χ0) is 15.8. The van der Waals surface area contributed by atoms with Gasteiger partial charge in [-0.05, 0) is 53.0 Å². The van der Waals surface area contributed by atoms with E-state index >= 15 is 0 Å². The molecule has 2 heterocycles. The van der Waals surface area contributed by atoms with Crippen LogP contribution in [0.1, 0.15) is 56.2 Å². The van der Waals surface area contributed by atoms with Crippen LogP contribution in [0.15, 0.2) is 6.07 Å². The van der Waals surface area contributed by atoms with E-state index in [0.717, 1.165) is 18.5 Å². The first-order valence-corrected chi connectivity index (χ1v) is 7.32. The molecule has 1 fully saturated rings. The van der Waals surface area contributed by atoms with Crippen molar-refractivity contribution >= 4 is 11.9 Å². The van der Waals surface area contributed by atoms with Crippen LogP contribution in [0.3, 0.4) is 0 Å². The molecule has 0 spiro atoms. The van der Waals surface area contributed by atoms with Gasteiger partial charge in [-0.25, -0.2) is 4.79 Å². The molecule has 1 aliphatic rings. The molecule has 0 saturated carbocycles. The SMILES string of the molecule is Cc1cc(C(=O)N2CCCC[C@@H]2C(=O)O)nn1C(C)(C)C. The second-order valence-electron chi connectivity index (χ2n) is 6.60. The van der Waals surface area contributed by atoms with Crippen molar-refractivity contribution in [3.8, 4) is 0 Å². The summed E-state index contributed by atoms with van der Waals surface area (Å²) in [5, 5.41) is 13.7. The third kappa shape index (κ3) is 3.09. The number of rotatable bonds is 2.